The van der Waals surface area contributed by atoms with Gasteiger partial charge in [-0.25, -0.2) is 4.98 Å². The maximum atomic E-state index is 4.48. The Morgan fingerprint density at radius 2 is 2.12 bits per heavy atom. The van der Waals surface area contributed by atoms with Crippen LogP contribution in [0, 0.1) is 0 Å². The van der Waals surface area contributed by atoms with Crippen LogP contribution in [-0.4, -0.2) is 15.1 Å². The van der Waals surface area contributed by atoms with Crippen LogP contribution in [0.4, 0.5) is 5.95 Å². The van der Waals surface area contributed by atoms with E-state index in [-0.39, 0.29) is 5.54 Å². The van der Waals surface area contributed by atoms with E-state index in [1.54, 1.807) is 0 Å². The van der Waals surface area contributed by atoms with Crippen LogP contribution in [-0.2, 0) is 0 Å². The second kappa shape index (κ2) is 5.11. The van der Waals surface area contributed by atoms with Gasteiger partial charge >= 0.3 is 0 Å². The summed E-state index contributed by atoms with van der Waals surface area (Å²) in [5.74, 6) is 1.05. The predicted octanol–water partition coefficient (Wildman–Crippen LogP) is 3.99. The van der Waals surface area contributed by atoms with Gasteiger partial charge in [0.05, 0.1) is 0 Å². The van der Waals surface area contributed by atoms with Crippen molar-refractivity contribution in [1.82, 2.24) is 9.55 Å². The van der Waals surface area contributed by atoms with Gasteiger partial charge in [0.1, 0.15) is 0 Å². The first-order valence-electron chi connectivity index (χ1n) is 6.93. The van der Waals surface area contributed by atoms with Gasteiger partial charge in [-0.15, -0.1) is 0 Å². The molecule has 1 aliphatic rings. The molecule has 0 unspecified atom stereocenters. The van der Waals surface area contributed by atoms with Crippen molar-refractivity contribution >= 4 is 5.95 Å². The van der Waals surface area contributed by atoms with E-state index in [1.165, 1.54) is 38.5 Å². The van der Waals surface area contributed by atoms with Crippen LogP contribution in [0.2, 0.25) is 0 Å². The summed E-state index contributed by atoms with van der Waals surface area (Å²) < 4.78 is 2.34. The third-order valence-corrected chi connectivity index (χ3v) is 3.71. The Bertz CT molecular complexity index is 348. The minimum atomic E-state index is 0.135. The fourth-order valence-corrected chi connectivity index (χ4v) is 2.88. The fraction of sp³-hybridized carbons (Fsp3) is 0.786. The summed E-state index contributed by atoms with van der Waals surface area (Å²) in [4.78, 5) is 4.48. The monoisotopic (exact) mass is 235 g/mol. The SMILES string of the molecule is CCCC(C)(C)Nc1nccn1C1CCCC1. The van der Waals surface area contributed by atoms with E-state index < -0.39 is 0 Å². The van der Waals surface area contributed by atoms with Crippen LogP contribution in [0.5, 0.6) is 0 Å². The molecule has 0 saturated heterocycles. The number of nitrogens with one attached hydrogen (secondary N) is 1. The zero-order chi connectivity index (χ0) is 12.3. The van der Waals surface area contributed by atoms with Gasteiger partial charge in [-0.3, -0.25) is 0 Å². The molecule has 3 nitrogen and oxygen atoms in total. The zero-order valence-electron chi connectivity index (χ0n) is 11.4. The molecule has 1 aromatic heterocycles. The first kappa shape index (κ1) is 12.5. The molecule has 1 fully saturated rings. The third kappa shape index (κ3) is 3.02. The van der Waals surface area contributed by atoms with E-state index in [0.29, 0.717) is 6.04 Å². The first-order chi connectivity index (χ1) is 8.12. The van der Waals surface area contributed by atoms with Crippen molar-refractivity contribution in [3.63, 3.8) is 0 Å². The molecule has 0 radical (unpaired) electrons. The molecule has 1 saturated carbocycles. The molecule has 0 atom stereocenters. The van der Waals surface area contributed by atoms with Gasteiger partial charge in [0, 0.05) is 24.0 Å². The maximum absolute atomic E-state index is 4.48. The first-order valence-corrected chi connectivity index (χ1v) is 6.93. The Morgan fingerprint density at radius 1 is 1.41 bits per heavy atom. The fourth-order valence-electron chi connectivity index (χ4n) is 2.88. The highest BCUT2D eigenvalue weighted by Gasteiger charge is 2.23. The van der Waals surface area contributed by atoms with Crippen LogP contribution in [0.3, 0.4) is 0 Å². The largest absolute Gasteiger partial charge is 0.351 e. The second-order valence-electron chi connectivity index (χ2n) is 5.86. The molecule has 1 heterocycles. The van der Waals surface area contributed by atoms with Gasteiger partial charge in [-0.2, -0.15) is 0 Å². The Kier molecular flexibility index (Phi) is 3.75. The lowest BCUT2D eigenvalue weighted by Crippen LogP contribution is -2.32. The summed E-state index contributed by atoms with van der Waals surface area (Å²) in [6, 6.07) is 0.664. The van der Waals surface area contributed by atoms with E-state index in [0.717, 1.165) is 5.95 Å². The lowest BCUT2D eigenvalue weighted by Gasteiger charge is -2.28. The zero-order valence-corrected chi connectivity index (χ0v) is 11.4. The van der Waals surface area contributed by atoms with E-state index >= 15 is 0 Å². The number of hydrogen-bond acceptors (Lipinski definition) is 2. The van der Waals surface area contributed by atoms with Crippen LogP contribution >= 0.6 is 0 Å². The van der Waals surface area contributed by atoms with Crippen molar-refractivity contribution in [3.05, 3.63) is 12.4 Å². The molecular weight excluding hydrogens is 210 g/mol. The van der Waals surface area contributed by atoms with Gasteiger partial charge in [0.25, 0.3) is 0 Å². The van der Waals surface area contributed by atoms with Crippen LogP contribution in [0.15, 0.2) is 12.4 Å². The normalized spacial score (nSPS) is 17.6. The summed E-state index contributed by atoms with van der Waals surface area (Å²) in [6.07, 6.45) is 11.7. The number of aromatic nitrogens is 2. The average molecular weight is 235 g/mol. The molecule has 1 N–H and O–H groups in total. The molecule has 0 aliphatic heterocycles. The van der Waals surface area contributed by atoms with Crippen LogP contribution in [0.1, 0.15) is 65.3 Å². The van der Waals surface area contributed by atoms with Gasteiger partial charge in [-0.1, -0.05) is 26.2 Å². The van der Waals surface area contributed by atoms with Crippen molar-refractivity contribution < 1.29 is 0 Å². The van der Waals surface area contributed by atoms with Crippen molar-refractivity contribution in [1.29, 1.82) is 0 Å². The van der Waals surface area contributed by atoms with E-state index in [1.807, 2.05) is 6.20 Å². The molecule has 1 aliphatic carbocycles. The third-order valence-electron chi connectivity index (χ3n) is 3.71. The van der Waals surface area contributed by atoms with E-state index in [2.05, 4.69) is 41.8 Å². The van der Waals surface area contributed by atoms with E-state index in [4.69, 9.17) is 0 Å². The number of anilines is 1. The molecule has 1 aromatic rings. The van der Waals surface area contributed by atoms with Gasteiger partial charge in [0.15, 0.2) is 0 Å². The topological polar surface area (TPSA) is 29.9 Å². The van der Waals surface area contributed by atoms with E-state index in [9.17, 15) is 0 Å². The van der Waals surface area contributed by atoms with Gasteiger partial charge < -0.3 is 9.88 Å². The summed E-state index contributed by atoms with van der Waals surface area (Å²) in [5, 5.41) is 3.60. The Labute approximate surface area is 105 Å². The minimum absolute atomic E-state index is 0.135. The van der Waals surface area contributed by atoms with Crippen molar-refractivity contribution in [2.75, 3.05) is 5.32 Å². The minimum Gasteiger partial charge on any atom is -0.351 e. The maximum Gasteiger partial charge on any atom is 0.203 e. The number of hydrogen-bond donors (Lipinski definition) is 1. The summed E-state index contributed by atoms with van der Waals surface area (Å²) in [6.45, 7) is 6.74. The average Bonchev–Trinajstić information content (AvgIpc) is 2.85. The molecule has 2 rings (SSSR count). The number of rotatable bonds is 5. The second-order valence-corrected chi connectivity index (χ2v) is 5.86. The van der Waals surface area contributed by atoms with Crippen molar-refractivity contribution in [2.24, 2.45) is 0 Å². The Morgan fingerprint density at radius 3 is 2.76 bits per heavy atom. The smallest absolute Gasteiger partial charge is 0.203 e. The van der Waals surface area contributed by atoms with Crippen molar-refractivity contribution in [2.45, 2.75) is 70.9 Å². The lowest BCUT2D eigenvalue weighted by atomic mass is 9.99. The molecular formula is C14H25N3. The highest BCUT2D eigenvalue weighted by Crippen LogP contribution is 2.32. The summed E-state index contributed by atoms with van der Waals surface area (Å²) in [7, 11) is 0. The van der Waals surface area contributed by atoms with Gasteiger partial charge in [-0.05, 0) is 33.1 Å². The van der Waals surface area contributed by atoms with Crippen molar-refractivity contribution in [3.8, 4) is 0 Å². The molecule has 3 heteroatoms. The van der Waals surface area contributed by atoms with Crippen LogP contribution in [0.25, 0.3) is 0 Å². The standard InChI is InChI=1S/C14H25N3/c1-4-9-14(2,3)16-13-15-10-11-17(13)12-7-5-6-8-12/h10-12H,4-9H2,1-3H3,(H,15,16). The lowest BCUT2D eigenvalue weighted by molar-refractivity contribution is 0.481. The quantitative estimate of drug-likeness (QED) is 0.836. The van der Waals surface area contributed by atoms with Gasteiger partial charge in [0.2, 0.25) is 5.95 Å². The highest BCUT2D eigenvalue weighted by atomic mass is 15.2. The molecule has 0 spiro atoms. The molecule has 0 aromatic carbocycles. The summed E-state index contributed by atoms with van der Waals surface area (Å²) >= 11 is 0. The molecule has 96 valence electrons. The predicted molar refractivity (Wildman–Crippen MR) is 72.3 cm³/mol. The number of nitrogens with zero attached hydrogens (tertiary/aromatic N) is 2. The molecule has 0 amide bonds. The highest BCUT2D eigenvalue weighted by molar-refractivity contribution is 5.30. The molecule has 0 bridgehead atoms. The molecule has 17 heavy (non-hydrogen) atoms. The summed E-state index contributed by atoms with van der Waals surface area (Å²) in [5.41, 5.74) is 0.135. The Balaban J connectivity index is 2.08. The number of imidazole rings is 1. The Hall–Kier alpha value is -0.990. The van der Waals surface area contributed by atoms with Crippen LogP contribution < -0.4 is 5.32 Å².